The second-order valence-corrected chi connectivity index (χ2v) is 3.60. The smallest absolute Gasteiger partial charge is 0.255 e. The largest absolute Gasteiger partial charge is 0.366 e. The molecule has 1 heterocycles. The van der Waals surface area contributed by atoms with Gasteiger partial charge in [0.15, 0.2) is 0 Å². The van der Waals surface area contributed by atoms with Gasteiger partial charge in [-0.1, -0.05) is 12.1 Å². The summed E-state index contributed by atoms with van der Waals surface area (Å²) in [6.07, 6.45) is 3.05. The molecule has 0 aliphatic carbocycles. The van der Waals surface area contributed by atoms with Crippen molar-refractivity contribution in [3.63, 3.8) is 0 Å². The number of nitrogens with one attached hydrogen (secondary N) is 1. The molecule has 2 rings (SSSR count). The number of primary amides is 1. The monoisotopic (exact) mass is 241 g/mol. The SMILES string of the molecule is NC(=O)c1ccccc1NC(=O)c1ccncc1. The average Bonchev–Trinajstić information content (AvgIpc) is 2.40. The van der Waals surface area contributed by atoms with Crippen molar-refractivity contribution in [2.24, 2.45) is 5.73 Å². The Labute approximate surface area is 104 Å². The van der Waals surface area contributed by atoms with E-state index in [1.165, 1.54) is 12.4 Å². The van der Waals surface area contributed by atoms with Gasteiger partial charge in [-0.15, -0.1) is 0 Å². The highest BCUT2D eigenvalue weighted by atomic mass is 16.2. The van der Waals surface area contributed by atoms with Crippen LogP contribution in [0.5, 0.6) is 0 Å². The third-order valence-electron chi connectivity index (χ3n) is 2.38. The van der Waals surface area contributed by atoms with Crippen LogP contribution in [0.1, 0.15) is 20.7 Å². The Bertz CT molecular complexity index is 582. The van der Waals surface area contributed by atoms with E-state index in [9.17, 15) is 9.59 Å². The quantitative estimate of drug-likeness (QED) is 0.852. The van der Waals surface area contributed by atoms with Gasteiger partial charge < -0.3 is 11.1 Å². The summed E-state index contributed by atoms with van der Waals surface area (Å²) in [5.41, 5.74) is 6.36. The second kappa shape index (κ2) is 5.09. The first-order valence-electron chi connectivity index (χ1n) is 5.28. The van der Waals surface area contributed by atoms with Crippen LogP contribution in [0.3, 0.4) is 0 Å². The van der Waals surface area contributed by atoms with Gasteiger partial charge in [-0.2, -0.15) is 0 Å². The highest BCUT2D eigenvalue weighted by Crippen LogP contribution is 2.15. The molecule has 0 unspecified atom stereocenters. The Morgan fingerprint density at radius 2 is 1.72 bits per heavy atom. The summed E-state index contributed by atoms with van der Waals surface area (Å²) in [7, 11) is 0. The number of pyridine rings is 1. The summed E-state index contributed by atoms with van der Waals surface area (Å²) in [6.45, 7) is 0. The molecular formula is C13H11N3O2. The second-order valence-electron chi connectivity index (χ2n) is 3.60. The first-order valence-corrected chi connectivity index (χ1v) is 5.28. The number of anilines is 1. The number of rotatable bonds is 3. The molecule has 0 saturated heterocycles. The molecule has 1 aromatic heterocycles. The average molecular weight is 241 g/mol. The van der Waals surface area contributed by atoms with Crippen molar-refractivity contribution in [1.29, 1.82) is 0 Å². The molecule has 0 atom stereocenters. The Morgan fingerprint density at radius 3 is 2.39 bits per heavy atom. The Hall–Kier alpha value is -2.69. The maximum absolute atomic E-state index is 11.9. The molecule has 0 bridgehead atoms. The number of carbonyl (C=O) groups excluding carboxylic acids is 2. The van der Waals surface area contributed by atoms with Crippen LogP contribution >= 0.6 is 0 Å². The van der Waals surface area contributed by atoms with E-state index >= 15 is 0 Å². The predicted octanol–water partition coefficient (Wildman–Crippen LogP) is 1.43. The van der Waals surface area contributed by atoms with Crippen LogP contribution in [-0.4, -0.2) is 16.8 Å². The number of nitrogens with two attached hydrogens (primary N) is 1. The van der Waals surface area contributed by atoms with Crippen molar-refractivity contribution in [3.05, 3.63) is 59.9 Å². The van der Waals surface area contributed by atoms with Crippen LogP contribution in [0, 0.1) is 0 Å². The predicted molar refractivity (Wildman–Crippen MR) is 67.2 cm³/mol. The minimum atomic E-state index is -0.583. The lowest BCUT2D eigenvalue weighted by atomic mass is 10.1. The van der Waals surface area contributed by atoms with Gasteiger partial charge in [0.05, 0.1) is 11.3 Å². The molecule has 0 aliphatic rings. The van der Waals surface area contributed by atoms with Gasteiger partial charge in [-0.25, -0.2) is 0 Å². The number of amides is 2. The fourth-order valence-corrected chi connectivity index (χ4v) is 1.50. The highest BCUT2D eigenvalue weighted by molar-refractivity contribution is 6.08. The topological polar surface area (TPSA) is 85.1 Å². The Balaban J connectivity index is 2.25. The van der Waals surface area contributed by atoms with E-state index in [0.717, 1.165) is 0 Å². The molecule has 18 heavy (non-hydrogen) atoms. The minimum Gasteiger partial charge on any atom is -0.366 e. The zero-order chi connectivity index (χ0) is 13.0. The van der Waals surface area contributed by atoms with Crippen molar-refractivity contribution in [2.75, 3.05) is 5.32 Å². The molecule has 0 radical (unpaired) electrons. The number of hydrogen-bond donors (Lipinski definition) is 2. The van der Waals surface area contributed by atoms with Crippen molar-refractivity contribution in [2.45, 2.75) is 0 Å². The third-order valence-corrected chi connectivity index (χ3v) is 2.38. The molecule has 3 N–H and O–H groups in total. The number of hydrogen-bond acceptors (Lipinski definition) is 3. The normalized spacial score (nSPS) is 9.78. The van der Waals surface area contributed by atoms with E-state index in [1.54, 1.807) is 36.4 Å². The minimum absolute atomic E-state index is 0.278. The van der Waals surface area contributed by atoms with E-state index in [-0.39, 0.29) is 11.5 Å². The zero-order valence-electron chi connectivity index (χ0n) is 9.46. The molecule has 2 aromatic rings. The molecule has 0 saturated carbocycles. The van der Waals surface area contributed by atoms with E-state index < -0.39 is 5.91 Å². The van der Waals surface area contributed by atoms with Crippen LogP contribution in [0.15, 0.2) is 48.8 Å². The molecule has 5 nitrogen and oxygen atoms in total. The first kappa shape index (κ1) is 11.8. The molecule has 90 valence electrons. The summed E-state index contributed by atoms with van der Waals surface area (Å²) in [5, 5.41) is 2.64. The molecule has 2 amide bonds. The van der Waals surface area contributed by atoms with E-state index in [2.05, 4.69) is 10.3 Å². The molecule has 0 aliphatic heterocycles. The molecule has 0 spiro atoms. The molecule has 1 aromatic carbocycles. The summed E-state index contributed by atoms with van der Waals surface area (Å²) in [4.78, 5) is 26.9. The standard InChI is InChI=1S/C13H11N3O2/c14-12(17)10-3-1-2-4-11(10)16-13(18)9-5-7-15-8-6-9/h1-8H,(H2,14,17)(H,16,18). The fraction of sp³-hybridized carbons (Fsp3) is 0. The Morgan fingerprint density at radius 1 is 1.06 bits per heavy atom. The van der Waals surface area contributed by atoms with E-state index in [4.69, 9.17) is 5.73 Å². The summed E-state index contributed by atoms with van der Waals surface area (Å²) < 4.78 is 0. The summed E-state index contributed by atoms with van der Waals surface area (Å²) in [5.74, 6) is -0.897. The van der Waals surface area contributed by atoms with Crippen LogP contribution in [0.25, 0.3) is 0 Å². The van der Waals surface area contributed by atoms with Crippen LogP contribution < -0.4 is 11.1 Å². The number of nitrogens with zero attached hydrogens (tertiary/aromatic N) is 1. The van der Waals surface area contributed by atoms with Crippen molar-refractivity contribution < 1.29 is 9.59 Å². The van der Waals surface area contributed by atoms with Crippen molar-refractivity contribution >= 4 is 17.5 Å². The lowest BCUT2D eigenvalue weighted by Gasteiger charge is -2.08. The van der Waals surface area contributed by atoms with Gasteiger partial charge in [0.25, 0.3) is 11.8 Å². The van der Waals surface area contributed by atoms with E-state index in [1.807, 2.05) is 0 Å². The van der Waals surface area contributed by atoms with Crippen LogP contribution in [-0.2, 0) is 0 Å². The van der Waals surface area contributed by atoms with Crippen molar-refractivity contribution in [1.82, 2.24) is 4.98 Å². The maximum atomic E-state index is 11.9. The van der Waals surface area contributed by atoms with E-state index in [0.29, 0.717) is 11.3 Å². The Kier molecular flexibility index (Phi) is 3.33. The van der Waals surface area contributed by atoms with Gasteiger partial charge in [-0.05, 0) is 24.3 Å². The molecular weight excluding hydrogens is 230 g/mol. The summed E-state index contributed by atoms with van der Waals surface area (Å²) in [6, 6.07) is 9.75. The van der Waals surface area contributed by atoms with Gasteiger partial charge in [0.2, 0.25) is 0 Å². The number of carbonyl (C=O) groups is 2. The van der Waals surface area contributed by atoms with Crippen molar-refractivity contribution in [3.8, 4) is 0 Å². The lowest BCUT2D eigenvalue weighted by Crippen LogP contribution is -2.18. The summed E-state index contributed by atoms with van der Waals surface area (Å²) >= 11 is 0. The van der Waals surface area contributed by atoms with Gasteiger partial charge >= 0.3 is 0 Å². The first-order chi connectivity index (χ1) is 8.68. The maximum Gasteiger partial charge on any atom is 0.255 e. The lowest BCUT2D eigenvalue weighted by molar-refractivity contribution is 0.100. The third kappa shape index (κ3) is 2.52. The van der Waals surface area contributed by atoms with Crippen LogP contribution in [0.2, 0.25) is 0 Å². The fourth-order valence-electron chi connectivity index (χ4n) is 1.50. The zero-order valence-corrected chi connectivity index (χ0v) is 9.46. The number of para-hydroxylation sites is 1. The van der Waals surface area contributed by atoms with Gasteiger partial charge in [0, 0.05) is 18.0 Å². The van der Waals surface area contributed by atoms with Crippen LogP contribution in [0.4, 0.5) is 5.69 Å². The highest BCUT2D eigenvalue weighted by Gasteiger charge is 2.11. The molecule has 0 fully saturated rings. The number of benzene rings is 1. The number of aromatic nitrogens is 1. The molecule has 5 heteroatoms. The van der Waals surface area contributed by atoms with Gasteiger partial charge in [0.1, 0.15) is 0 Å². The van der Waals surface area contributed by atoms with Gasteiger partial charge in [-0.3, -0.25) is 14.6 Å².